The van der Waals surface area contributed by atoms with E-state index in [1.54, 1.807) is 0 Å². The molecule has 0 spiro atoms. The summed E-state index contributed by atoms with van der Waals surface area (Å²) < 4.78 is 0. The van der Waals surface area contributed by atoms with Crippen molar-refractivity contribution in [3.05, 3.63) is 0 Å². The van der Waals surface area contributed by atoms with Gasteiger partial charge in [0, 0.05) is 5.54 Å². The van der Waals surface area contributed by atoms with Gasteiger partial charge in [0.1, 0.15) is 0 Å². The Balaban J connectivity index is 2.39. The molecule has 1 rings (SSSR count). The summed E-state index contributed by atoms with van der Waals surface area (Å²) in [5, 5.41) is 3.78. The van der Waals surface area contributed by atoms with E-state index in [2.05, 4.69) is 33.0 Å². The monoisotopic (exact) mass is 211 g/mol. The molecule has 0 unspecified atom stereocenters. The standard InChI is InChI=1S/C14H29N/c1-12(2)6-9-14(8-5-11-15-14)10-7-13(3)4/h12-13,15H,5-11H2,1-4H3. The fraction of sp³-hybridized carbons (Fsp3) is 1.00. The average Bonchev–Trinajstić information content (AvgIpc) is 2.61. The van der Waals surface area contributed by atoms with Crippen LogP contribution in [0.25, 0.3) is 0 Å². The van der Waals surface area contributed by atoms with E-state index >= 15 is 0 Å². The molecule has 0 atom stereocenters. The summed E-state index contributed by atoms with van der Waals surface area (Å²) >= 11 is 0. The Hall–Kier alpha value is -0.0400. The largest absolute Gasteiger partial charge is 0.311 e. The Morgan fingerprint density at radius 1 is 1.00 bits per heavy atom. The van der Waals surface area contributed by atoms with Gasteiger partial charge in [0.2, 0.25) is 0 Å². The van der Waals surface area contributed by atoms with Crippen LogP contribution in [0.3, 0.4) is 0 Å². The maximum Gasteiger partial charge on any atom is 0.0182 e. The van der Waals surface area contributed by atoms with E-state index in [0.29, 0.717) is 5.54 Å². The molecule has 0 aliphatic carbocycles. The number of rotatable bonds is 6. The van der Waals surface area contributed by atoms with Crippen LogP contribution in [-0.2, 0) is 0 Å². The van der Waals surface area contributed by atoms with Crippen molar-refractivity contribution >= 4 is 0 Å². The SMILES string of the molecule is CC(C)CCC1(CCC(C)C)CCCN1. The van der Waals surface area contributed by atoms with Crippen LogP contribution in [0.4, 0.5) is 0 Å². The lowest BCUT2D eigenvalue weighted by Gasteiger charge is -2.31. The fourth-order valence-electron chi connectivity index (χ4n) is 2.55. The highest BCUT2D eigenvalue weighted by molar-refractivity contribution is 4.93. The summed E-state index contributed by atoms with van der Waals surface area (Å²) in [7, 11) is 0. The molecular weight excluding hydrogens is 182 g/mol. The van der Waals surface area contributed by atoms with Crippen LogP contribution in [0, 0.1) is 11.8 Å². The van der Waals surface area contributed by atoms with Gasteiger partial charge in [-0.25, -0.2) is 0 Å². The van der Waals surface area contributed by atoms with Gasteiger partial charge < -0.3 is 5.32 Å². The second-order valence-electron chi connectivity index (χ2n) is 6.18. The van der Waals surface area contributed by atoms with Crippen LogP contribution in [0.1, 0.15) is 66.2 Å². The zero-order chi connectivity index (χ0) is 11.3. The van der Waals surface area contributed by atoms with E-state index in [1.165, 1.54) is 45.1 Å². The Labute approximate surface area is 96.0 Å². The van der Waals surface area contributed by atoms with E-state index in [-0.39, 0.29) is 0 Å². The highest BCUT2D eigenvalue weighted by atomic mass is 15.0. The Morgan fingerprint density at radius 3 is 1.87 bits per heavy atom. The maximum atomic E-state index is 3.78. The summed E-state index contributed by atoms with van der Waals surface area (Å²) in [4.78, 5) is 0. The molecule has 0 radical (unpaired) electrons. The third kappa shape index (κ3) is 4.55. The molecule has 0 amide bonds. The summed E-state index contributed by atoms with van der Waals surface area (Å²) in [6.45, 7) is 10.6. The number of hydrogen-bond donors (Lipinski definition) is 1. The Bertz CT molecular complexity index is 152. The zero-order valence-corrected chi connectivity index (χ0v) is 11.1. The van der Waals surface area contributed by atoms with E-state index in [9.17, 15) is 0 Å². The van der Waals surface area contributed by atoms with Crippen molar-refractivity contribution in [2.75, 3.05) is 6.54 Å². The first kappa shape index (κ1) is 13.0. The van der Waals surface area contributed by atoms with Crippen LogP contribution < -0.4 is 5.32 Å². The molecule has 0 aromatic heterocycles. The van der Waals surface area contributed by atoms with Crippen molar-refractivity contribution in [3.63, 3.8) is 0 Å². The molecule has 15 heavy (non-hydrogen) atoms. The molecule has 1 aliphatic rings. The number of hydrogen-bond acceptors (Lipinski definition) is 1. The molecule has 1 aliphatic heterocycles. The summed E-state index contributed by atoms with van der Waals surface area (Å²) in [6.07, 6.45) is 8.33. The number of nitrogens with one attached hydrogen (secondary N) is 1. The van der Waals surface area contributed by atoms with Gasteiger partial charge in [0.05, 0.1) is 0 Å². The predicted molar refractivity (Wildman–Crippen MR) is 68.1 cm³/mol. The molecule has 0 aromatic rings. The lowest BCUT2D eigenvalue weighted by atomic mass is 9.83. The summed E-state index contributed by atoms with van der Waals surface area (Å²) in [5.41, 5.74) is 0.508. The lowest BCUT2D eigenvalue weighted by Crippen LogP contribution is -2.40. The normalized spacial score (nSPS) is 20.4. The van der Waals surface area contributed by atoms with Crippen LogP contribution in [0.5, 0.6) is 0 Å². The van der Waals surface area contributed by atoms with Crippen molar-refractivity contribution in [2.45, 2.75) is 71.8 Å². The van der Waals surface area contributed by atoms with Gasteiger partial charge in [0.15, 0.2) is 0 Å². The Morgan fingerprint density at radius 2 is 1.53 bits per heavy atom. The zero-order valence-electron chi connectivity index (χ0n) is 11.1. The minimum Gasteiger partial charge on any atom is -0.311 e. The van der Waals surface area contributed by atoms with Crippen LogP contribution in [-0.4, -0.2) is 12.1 Å². The molecule has 0 bridgehead atoms. The molecule has 1 heteroatoms. The third-order valence-corrected chi connectivity index (χ3v) is 3.73. The maximum absolute atomic E-state index is 3.78. The van der Waals surface area contributed by atoms with Gasteiger partial charge in [-0.2, -0.15) is 0 Å². The predicted octanol–water partition coefficient (Wildman–Crippen LogP) is 3.98. The molecule has 0 aromatic carbocycles. The second-order valence-corrected chi connectivity index (χ2v) is 6.18. The van der Waals surface area contributed by atoms with Gasteiger partial charge in [0.25, 0.3) is 0 Å². The van der Waals surface area contributed by atoms with Gasteiger partial charge in [-0.15, -0.1) is 0 Å². The van der Waals surface area contributed by atoms with Crippen molar-refractivity contribution in [1.82, 2.24) is 5.32 Å². The quantitative estimate of drug-likeness (QED) is 0.700. The van der Waals surface area contributed by atoms with Gasteiger partial charge >= 0.3 is 0 Å². The third-order valence-electron chi connectivity index (χ3n) is 3.73. The minimum atomic E-state index is 0.508. The highest BCUT2D eigenvalue weighted by Crippen LogP contribution is 2.32. The molecule has 0 saturated carbocycles. The van der Waals surface area contributed by atoms with E-state index in [4.69, 9.17) is 0 Å². The van der Waals surface area contributed by atoms with Crippen LogP contribution in [0.2, 0.25) is 0 Å². The van der Waals surface area contributed by atoms with Gasteiger partial charge in [-0.1, -0.05) is 27.7 Å². The first-order valence-electron chi connectivity index (χ1n) is 6.79. The van der Waals surface area contributed by atoms with Gasteiger partial charge in [-0.3, -0.25) is 0 Å². The summed E-state index contributed by atoms with van der Waals surface area (Å²) in [5.74, 6) is 1.70. The van der Waals surface area contributed by atoms with Gasteiger partial charge in [-0.05, 0) is 56.9 Å². The fourth-order valence-corrected chi connectivity index (χ4v) is 2.55. The topological polar surface area (TPSA) is 12.0 Å². The minimum absolute atomic E-state index is 0.508. The molecule has 1 saturated heterocycles. The molecule has 1 heterocycles. The van der Waals surface area contributed by atoms with Crippen molar-refractivity contribution in [2.24, 2.45) is 11.8 Å². The van der Waals surface area contributed by atoms with Crippen molar-refractivity contribution < 1.29 is 0 Å². The van der Waals surface area contributed by atoms with Crippen LogP contribution >= 0.6 is 0 Å². The van der Waals surface area contributed by atoms with E-state index in [0.717, 1.165) is 11.8 Å². The molecule has 1 nitrogen and oxygen atoms in total. The van der Waals surface area contributed by atoms with Crippen molar-refractivity contribution in [3.8, 4) is 0 Å². The molecule has 1 fully saturated rings. The molecular formula is C14H29N. The lowest BCUT2D eigenvalue weighted by molar-refractivity contribution is 0.278. The van der Waals surface area contributed by atoms with Crippen LogP contribution in [0.15, 0.2) is 0 Å². The summed E-state index contributed by atoms with van der Waals surface area (Å²) in [6, 6.07) is 0. The molecule has 90 valence electrons. The second kappa shape index (κ2) is 5.89. The van der Waals surface area contributed by atoms with E-state index < -0.39 is 0 Å². The first-order valence-corrected chi connectivity index (χ1v) is 6.79. The highest BCUT2D eigenvalue weighted by Gasteiger charge is 2.32. The Kier molecular flexibility index (Phi) is 5.11. The van der Waals surface area contributed by atoms with Crippen molar-refractivity contribution in [1.29, 1.82) is 0 Å². The van der Waals surface area contributed by atoms with E-state index in [1.807, 2.05) is 0 Å². The average molecular weight is 211 g/mol. The smallest absolute Gasteiger partial charge is 0.0182 e. The first-order chi connectivity index (χ1) is 7.04. The molecule has 1 N–H and O–H groups in total.